The molecule has 7 nitrogen and oxygen atoms in total. The number of aryl methyl sites for hydroxylation is 1. The average molecular weight is 679 g/mol. The van der Waals surface area contributed by atoms with Gasteiger partial charge in [-0.2, -0.15) is 4.65 Å². The third kappa shape index (κ3) is 6.80. The van der Waals surface area contributed by atoms with Crippen molar-refractivity contribution in [2.45, 2.75) is 26.7 Å². The highest BCUT2D eigenvalue weighted by Gasteiger charge is 2.32. The first-order valence-corrected chi connectivity index (χ1v) is 13.0. The number of quaternary nitrogens is 1. The van der Waals surface area contributed by atoms with Gasteiger partial charge >= 0.3 is 0 Å². The quantitative estimate of drug-likeness (QED) is 0.244. The lowest BCUT2D eigenvalue weighted by Gasteiger charge is -2.38. The van der Waals surface area contributed by atoms with Gasteiger partial charge in [0.15, 0.2) is 11.5 Å². The van der Waals surface area contributed by atoms with E-state index in [1.54, 1.807) is 25.9 Å². The van der Waals surface area contributed by atoms with Gasteiger partial charge in [-0.1, -0.05) is 0 Å². The van der Waals surface area contributed by atoms with Gasteiger partial charge in [-0.05, 0) is 94.4 Å². The van der Waals surface area contributed by atoms with Gasteiger partial charge < -0.3 is 14.4 Å². The molecule has 1 heterocycles. The molecule has 1 aliphatic heterocycles. The molecule has 1 N–H and O–H groups in total. The molecule has 9 heteroatoms. The van der Waals surface area contributed by atoms with Crippen LogP contribution in [0.4, 0.5) is 0 Å². The lowest BCUT2D eigenvalue weighted by molar-refractivity contribution is -1.10. The fraction of sp³-hybridized carbons (Fsp3) is 0.417. The van der Waals surface area contributed by atoms with Crippen LogP contribution in [0.25, 0.3) is 0 Å². The van der Waals surface area contributed by atoms with Crippen molar-refractivity contribution in [2.75, 3.05) is 39.8 Å². The molecule has 0 spiro atoms. The first-order chi connectivity index (χ1) is 15.6. The second-order valence-electron chi connectivity index (χ2n) is 8.28. The van der Waals surface area contributed by atoms with E-state index in [4.69, 9.17) is 9.47 Å². The maximum atomic E-state index is 11.8. The Hall–Kier alpha value is -1.44. The molecule has 178 valence electrons. The molecule has 2 aromatic carbocycles. The van der Waals surface area contributed by atoms with Crippen LogP contribution in [0.1, 0.15) is 36.2 Å². The number of hydroxylamine groups is 3. The number of hydrogen-bond acceptors (Lipinski definition) is 5. The van der Waals surface area contributed by atoms with Crippen molar-refractivity contribution in [2.24, 2.45) is 0 Å². The Bertz CT molecular complexity index is 1010. The van der Waals surface area contributed by atoms with Gasteiger partial charge in [0.2, 0.25) is 5.91 Å². The van der Waals surface area contributed by atoms with Crippen LogP contribution in [0.5, 0.6) is 17.2 Å². The van der Waals surface area contributed by atoms with Gasteiger partial charge in [0.25, 0.3) is 0 Å². The number of amides is 1. The van der Waals surface area contributed by atoms with E-state index in [-0.39, 0.29) is 16.3 Å². The summed E-state index contributed by atoms with van der Waals surface area (Å²) in [4.78, 5) is 25.1. The maximum Gasteiger partial charge on any atom is 0.219 e. The predicted molar refractivity (Wildman–Crippen MR) is 142 cm³/mol. The number of carbonyl (C=O) groups is 2. The molecule has 0 unspecified atom stereocenters. The summed E-state index contributed by atoms with van der Waals surface area (Å²) in [5, 5.41) is 10.9. The molecular weight excluding hydrogens is 650 g/mol. The molecule has 0 aromatic heterocycles. The van der Waals surface area contributed by atoms with Gasteiger partial charge in [-0.25, -0.2) is 5.21 Å². The lowest BCUT2D eigenvalue weighted by atomic mass is 10.1. The molecular formula is C24H29I2N2O5+. The smallest absolute Gasteiger partial charge is 0.219 e. The topological polar surface area (TPSA) is 76.1 Å². The Morgan fingerprint density at radius 2 is 1.73 bits per heavy atom. The molecule has 0 saturated carbocycles. The zero-order valence-electron chi connectivity index (χ0n) is 19.1. The fourth-order valence-electron chi connectivity index (χ4n) is 3.89. The zero-order valence-corrected chi connectivity index (χ0v) is 23.4. The van der Waals surface area contributed by atoms with Gasteiger partial charge in [0.05, 0.1) is 27.3 Å². The van der Waals surface area contributed by atoms with Crippen LogP contribution in [0, 0.1) is 7.14 Å². The number of halogens is 2. The molecule has 0 aliphatic carbocycles. The number of hydrogen-bond donors (Lipinski definition) is 1. The molecule has 1 aliphatic rings. The number of rotatable bonds is 8. The van der Waals surface area contributed by atoms with Crippen LogP contribution in [-0.4, -0.2) is 66.3 Å². The minimum absolute atomic E-state index is 0.0210. The summed E-state index contributed by atoms with van der Waals surface area (Å²) >= 11 is 4.39. The van der Waals surface area contributed by atoms with Crippen LogP contribution in [0.15, 0.2) is 30.3 Å². The van der Waals surface area contributed by atoms with E-state index < -0.39 is 0 Å². The number of benzene rings is 2. The summed E-state index contributed by atoms with van der Waals surface area (Å²) in [5.41, 5.74) is 1.65. The first-order valence-electron chi connectivity index (χ1n) is 10.8. The van der Waals surface area contributed by atoms with Crippen molar-refractivity contribution in [3.05, 3.63) is 48.6 Å². The second kappa shape index (κ2) is 11.3. The van der Waals surface area contributed by atoms with E-state index in [9.17, 15) is 14.8 Å². The average Bonchev–Trinajstić information content (AvgIpc) is 2.76. The van der Waals surface area contributed by atoms with Gasteiger partial charge in [-0.3, -0.25) is 9.59 Å². The Morgan fingerprint density at radius 1 is 1.09 bits per heavy atom. The minimum Gasteiger partial charge on any atom is -0.497 e. The summed E-state index contributed by atoms with van der Waals surface area (Å²) in [6.45, 7) is 5.96. The highest BCUT2D eigenvalue weighted by molar-refractivity contribution is 14.1. The molecule has 0 radical (unpaired) electrons. The molecule has 1 fully saturated rings. The van der Waals surface area contributed by atoms with Crippen LogP contribution in [0.3, 0.4) is 0 Å². The SMILES string of the molecule is COc1ccc(Oc2c(I)cc(C(C)=O)cc2I)c(CCC[N+]2(O)CCN(C(C)=O)CC2)c1. The highest BCUT2D eigenvalue weighted by atomic mass is 127. The zero-order chi connectivity index (χ0) is 24.2. The van der Waals surface area contributed by atoms with Crippen molar-refractivity contribution in [1.29, 1.82) is 0 Å². The molecule has 1 amide bonds. The Morgan fingerprint density at radius 3 is 2.27 bits per heavy atom. The Labute approximate surface area is 221 Å². The predicted octanol–water partition coefficient (Wildman–Crippen LogP) is 4.90. The van der Waals surface area contributed by atoms with Crippen molar-refractivity contribution in [3.63, 3.8) is 0 Å². The molecule has 33 heavy (non-hydrogen) atoms. The molecule has 3 rings (SSSR count). The maximum absolute atomic E-state index is 11.8. The molecule has 1 saturated heterocycles. The van der Waals surface area contributed by atoms with Crippen LogP contribution >= 0.6 is 45.2 Å². The fourth-order valence-corrected chi connectivity index (χ4v) is 5.88. The molecule has 2 aromatic rings. The monoisotopic (exact) mass is 679 g/mol. The van der Waals surface area contributed by atoms with E-state index in [0.29, 0.717) is 44.7 Å². The van der Waals surface area contributed by atoms with E-state index in [2.05, 4.69) is 45.2 Å². The van der Waals surface area contributed by atoms with E-state index in [1.165, 1.54) is 0 Å². The van der Waals surface area contributed by atoms with Crippen molar-refractivity contribution in [1.82, 2.24) is 4.90 Å². The number of ether oxygens (including phenoxy) is 2. The van der Waals surface area contributed by atoms with Crippen molar-refractivity contribution < 1.29 is 28.9 Å². The van der Waals surface area contributed by atoms with Gasteiger partial charge in [0.1, 0.15) is 31.1 Å². The second-order valence-corrected chi connectivity index (χ2v) is 10.6. The number of ketones is 1. The number of piperazine rings is 1. The molecule has 0 atom stereocenters. The standard InChI is InChI=1S/C24H29I2N2O5/c1-16(29)19-14-21(25)24(22(26)15-19)33-23-7-6-20(32-3)13-18(23)5-4-10-28(31)11-8-27(9-12-28)17(2)30/h6-7,13-15,31H,4-5,8-12H2,1-3H3/q+1. The van der Waals surface area contributed by atoms with Crippen LogP contribution in [-0.2, 0) is 11.2 Å². The number of nitrogens with zero attached hydrogens (tertiary/aromatic N) is 2. The summed E-state index contributed by atoms with van der Waals surface area (Å²) in [5.74, 6) is 2.27. The van der Waals surface area contributed by atoms with Crippen molar-refractivity contribution in [3.8, 4) is 17.2 Å². The van der Waals surface area contributed by atoms with E-state index in [1.807, 2.05) is 30.3 Å². The largest absolute Gasteiger partial charge is 0.497 e. The Kier molecular flexibility index (Phi) is 8.98. The molecule has 0 bridgehead atoms. The normalized spacial score (nSPS) is 15.3. The summed E-state index contributed by atoms with van der Waals surface area (Å²) in [7, 11) is 1.63. The van der Waals surface area contributed by atoms with Gasteiger partial charge in [0, 0.05) is 18.9 Å². The van der Waals surface area contributed by atoms with Crippen LogP contribution in [0.2, 0.25) is 0 Å². The highest BCUT2D eigenvalue weighted by Crippen LogP contribution is 2.36. The number of Topliss-reactive ketones (excluding diaryl/α,β-unsaturated/α-hetero) is 1. The summed E-state index contributed by atoms with van der Waals surface area (Å²) < 4.78 is 13.5. The third-order valence-corrected chi connectivity index (χ3v) is 7.53. The van der Waals surface area contributed by atoms with Crippen molar-refractivity contribution >= 4 is 56.9 Å². The number of methoxy groups -OCH3 is 1. The minimum atomic E-state index is -0.0216. The lowest BCUT2D eigenvalue weighted by Crippen LogP contribution is -2.58. The number of carbonyl (C=O) groups excluding carboxylic acids is 2. The third-order valence-electron chi connectivity index (χ3n) is 5.92. The summed E-state index contributed by atoms with van der Waals surface area (Å²) in [6.07, 6.45) is 1.47. The van der Waals surface area contributed by atoms with Gasteiger partial charge in [-0.15, -0.1) is 0 Å². The Balaban J connectivity index is 1.73. The van der Waals surface area contributed by atoms with E-state index in [0.717, 1.165) is 36.4 Å². The van der Waals surface area contributed by atoms with Crippen LogP contribution < -0.4 is 9.47 Å². The summed E-state index contributed by atoms with van der Waals surface area (Å²) in [6, 6.07) is 9.40. The first kappa shape index (κ1) is 26.2. The van der Waals surface area contributed by atoms with E-state index >= 15 is 0 Å².